The minimum absolute atomic E-state index is 0.109. The lowest BCUT2D eigenvalue weighted by molar-refractivity contribution is -0.153. The predicted octanol–water partition coefficient (Wildman–Crippen LogP) is -0.203. The van der Waals surface area contributed by atoms with Gasteiger partial charge in [-0.25, -0.2) is 14.6 Å². The molecule has 1 amide bonds. The van der Waals surface area contributed by atoms with Crippen LogP contribution < -0.4 is 5.69 Å². The van der Waals surface area contributed by atoms with Crippen molar-refractivity contribution in [3.05, 3.63) is 28.9 Å². The molecule has 1 atom stereocenters. The van der Waals surface area contributed by atoms with Gasteiger partial charge in [-0.3, -0.25) is 9.36 Å². The molecule has 7 nitrogen and oxygen atoms in total. The lowest BCUT2D eigenvalue weighted by Gasteiger charge is -2.23. The Morgan fingerprint density at radius 1 is 1.50 bits per heavy atom. The quantitative estimate of drug-likeness (QED) is 0.713. The number of carbonyl (C=O) groups excluding carboxylic acids is 2. The van der Waals surface area contributed by atoms with Crippen molar-refractivity contribution in [3.8, 4) is 0 Å². The molecule has 1 aromatic rings. The van der Waals surface area contributed by atoms with Gasteiger partial charge in [0.15, 0.2) is 0 Å². The molecule has 2 heterocycles. The number of aromatic nitrogens is 2. The van der Waals surface area contributed by atoms with Gasteiger partial charge in [-0.05, 0) is 25.8 Å². The third-order valence-electron chi connectivity index (χ3n) is 3.22. The molecule has 2 rings (SSSR count). The van der Waals surface area contributed by atoms with Crippen LogP contribution in [-0.4, -0.2) is 45.5 Å². The fraction of sp³-hybridized carbons (Fsp3) is 0.538. The highest BCUT2D eigenvalue weighted by atomic mass is 16.5. The van der Waals surface area contributed by atoms with E-state index in [0.29, 0.717) is 19.6 Å². The topological polar surface area (TPSA) is 81.5 Å². The van der Waals surface area contributed by atoms with Crippen LogP contribution in [0.2, 0.25) is 0 Å². The second-order valence-electron chi connectivity index (χ2n) is 4.53. The summed E-state index contributed by atoms with van der Waals surface area (Å²) in [4.78, 5) is 40.5. The predicted molar refractivity (Wildman–Crippen MR) is 69.9 cm³/mol. The standard InChI is InChI=1S/C13H17N3O4/c1-2-20-12(18)10-5-3-8-16(10)11(17)9-15-7-4-6-14-13(15)19/h4,6-7,10H,2-3,5,8-9H2,1H3. The number of amides is 1. The first-order valence-electron chi connectivity index (χ1n) is 6.61. The Hall–Kier alpha value is -2.18. The Kier molecular flexibility index (Phi) is 4.49. The molecule has 1 saturated heterocycles. The minimum atomic E-state index is -0.533. The molecule has 1 unspecified atom stereocenters. The van der Waals surface area contributed by atoms with Crippen LogP contribution >= 0.6 is 0 Å². The van der Waals surface area contributed by atoms with Crippen molar-refractivity contribution in [1.82, 2.24) is 14.5 Å². The van der Waals surface area contributed by atoms with E-state index in [-0.39, 0.29) is 18.4 Å². The Morgan fingerprint density at radius 2 is 2.30 bits per heavy atom. The third-order valence-corrected chi connectivity index (χ3v) is 3.22. The molecule has 0 aromatic carbocycles. The van der Waals surface area contributed by atoms with Gasteiger partial charge in [-0.2, -0.15) is 0 Å². The lowest BCUT2D eigenvalue weighted by atomic mass is 10.2. The Morgan fingerprint density at radius 3 is 3.00 bits per heavy atom. The minimum Gasteiger partial charge on any atom is -0.464 e. The average molecular weight is 279 g/mol. The summed E-state index contributed by atoms with van der Waals surface area (Å²) in [6, 6.07) is 1.05. The van der Waals surface area contributed by atoms with Crippen LogP contribution in [0.25, 0.3) is 0 Å². The zero-order chi connectivity index (χ0) is 14.5. The molecule has 0 N–H and O–H groups in total. The van der Waals surface area contributed by atoms with E-state index < -0.39 is 11.7 Å². The van der Waals surface area contributed by atoms with Gasteiger partial charge in [0.1, 0.15) is 12.6 Å². The van der Waals surface area contributed by atoms with Crippen LogP contribution in [0.1, 0.15) is 19.8 Å². The van der Waals surface area contributed by atoms with Crippen LogP contribution in [0.5, 0.6) is 0 Å². The summed E-state index contributed by atoms with van der Waals surface area (Å²) in [5.41, 5.74) is -0.479. The fourth-order valence-corrected chi connectivity index (χ4v) is 2.29. The van der Waals surface area contributed by atoms with E-state index in [4.69, 9.17) is 4.74 Å². The van der Waals surface area contributed by atoms with Crippen LogP contribution in [0, 0.1) is 0 Å². The van der Waals surface area contributed by atoms with Crippen molar-refractivity contribution in [2.24, 2.45) is 0 Å². The smallest absolute Gasteiger partial charge is 0.347 e. The zero-order valence-electron chi connectivity index (χ0n) is 11.3. The molecule has 0 spiro atoms. The number of carbonyl (C=O) groups is 2. The Bertz CT molecular complexity index is 555. The van der Waals surface area contributed by atoms with E-state index in [1.54, 1.807) is 13.0 Å². The van der Waals surface area contributed by atoms with Gasteiger partial charge >= 0.3 is 11.7 Å². The molecule has 0 bridgehead atoms. The van der Waals surface area contributed by atoms with Crippen molar-refractivity contribution in [2.75, 3.05) is 13.2 Å². The molecule has 1 aliphatic heterocycles. The van der Waals surface area contributed by atoms with E-state index in [1.807, 2.05) is 0 Å². The summed E-state index contributed by atoms with van der Waals surface area (Å²) >= 11 is 0. The van der Waals surface area contributed by atoms with Crippen molar-refractivity contribution >= 4 is 11.9 Å². The van der Waals surface area contributed by atoms with E-state index in [0.717, 1.165) is 6.42 Å². The summed E-state index contributed by atoms with van der Waals surface area (Å²) < 4.78 is 6.19. The summed E-state index contributed by atoms with van der Waals surface area (Å²) in [7, 11) is 0. The molecular weight excluding hydrogens is 262 g/mol. The Labute approximate surface area is 116 Å². The SMILES string of the molecule is CCOC(=O)C1CCCN1C(=O)Cn1cccnc1=O. The molecule has 0 radical (unpaired) electrons. The maximum absolute atomic E-state index is 12.2. The van der Waals surface area contributed by atoms with Gasteiger partial charge in [0, 0.05) is 18.9 Å². The summed E-state index contributed by atoms with van der Waals surface area (Å²) in [5, 5.41) is 0. The highest BCUT2D eigenvalue weighted by Crippen LogP contribution is 2.18. The monoisotopic (exact) mass is 279 g/mol. The van der Waals surface area contributed by atoms with E-state index >= 15 is 0 Å². The lowest BCUT2D eigenvalue weighted by Crippen LogP contribution is -2.44. The molecule has 1 aliphatic rings. The summed E-state index contributed by atoms with van der Waals surface area (Å²) in [5.74, 6) is -0.646. The first kappa shape index (κ1) is 14.2. The van der Waals surface area contributed by atoms with Gasteiger partial charge in [-0.15, -0.1) is 0 Å². The van der Waals surface area contributed by atoms with Gasteiger partial charge in [0.05, 0.1) is 6.61 Å². The van der Waals surface area contributed by atoms with Crippen molar-refractivity contribution < 1.29 is 14.3 Å². The first-order chi connectivity index (χ1) is 9.63. The zero-order valence-corrected chi connectivity index (χ0v) is 11.3. The van der Waals surface area contributed by atoms with Gasteiger partial charge < -0.3 is 9.64 Å². The number of ether oxygens (including phenoxy) is 1. The highest BCUT2D eigenvalue weighted by Gasteiger charge is 2.34. The summed E-state index contributed by atoms with van der Waals surface area (Å²) in [6.45, 7) is 2.42. The maximum atomic E-state index is 12.2. The number of hydrogen-bond acceptors (Lipinski definition) is 5. The van der Waals surface area contributed by atoms with Gasteiger partial charge in [0.2, 0.25) is 5.91 Å². The maximum Gasteiger partial charge on any atom is 0.347 e. The molecule has 0 aliphatic carbocycles. The van der Waals surface area contributed by atoms with E-state index in [1.165, 1.54) is 21.9 Å². The number of nitrogens with zero attached hydrogens (tertiary/aromatic N) is 3. The number of esters is 1. The van der Waals surface area contributed by atoms with Crippen LogP contribution in [0.3, 0.4) is 0 Å². The van der Waals surface area contributed by atoms with Gasteiger partial charge in [0.25, 0.3) is 0 Å². The van der Waals surface area contributed by atoms with Crippen LogP contribution in [0.15, 0.2) is 23.3 Å². The number of rotatable bonds is 4. The molecular formula is C13H17N3O4. The molecule has 108 valence electrons. The normalized spacial score (nSPS) is 18.1. The largest absolute Gasteiger partial charge is 0.464 e. The molecule has 1 aromatic heterocycles. The van der Waals surface area contributed by atoms with Crippen LogP contribution in [-0.2, 0) is 20.9 Å². The van der Waals surface area contributed by atoms with E-state index in [9.17, 15) is 14.4 Å². The van der Waals surface area contributed by atoms with Crippen molar-refractivity contribution in [1.29, 1.82) is 0 Å². The molecule has 1 fully saturated rings. The second kappa shape index (κ2) is 6.31. The van der Waals surface area contributed by atoms with Crippen molar-refractivity contribution in [3.63, 3.8) is 0 Å². The number of likely N-dealkylation sites (tertiary alicyclic amines) is 1. The molecule has 0 saturated carbocycles. The first-order valence-corrected chi connectivity index (χ1v) is 6.61. The van der Waals surface area contributed by atoms with E-state index in [2.05, 4.69) is 4.98 Å². The number of hydrogen-bond donors (Lipinski definition) is 0. The molecule has 7 heteroatoms. The highest BCUT2D eigenvalue weighted by molar-refractivity contribution is 5.85. The average Bonchev–Trinajstić information content (AvgIpc) is 2.91. The van der Waals surface area contributed by atoms with Crippen molar-refractivity contribution in [2.45, 2.75) is 32.4 Å². The molecule has 20 heavy (non-hydrogen) atoms. The van der Waals surface area contributed by atoms with Crippen LogP contribution in [0.4, 0.5) is 0 Å². The fourth-order valence-electron chi connectivity index (χ4n) is 2.29. The van der Waals surface area contributed by atoms with Gasteiger partial charge in [-0.1, -0.05) is 0 Å². The third kappa shape index (κ3) is 3.04. The Balaban J connectivity index is 2.07. The second-order valence-corrected chi connectivity index (χ2v) is 4.53. The summed E-state index contributed by atoms with van der Waals surface area (Å²) in [6.07, 6.45) is 4.24.